The van der Waals surface area contributed by atoms with E-state index in [1.807, 2.05) is 0 Å². The fourth-order valence-electron chi connectivity index (χ4n) is 4.46. The van der Waals surface area contributed by atoms with Gasteiger partial charge in [-0.25, -0.2) is 0 Å². The van der Waals surface area contributed by atoms with Gasteiger partial charge in [-0.05, 0) is 55.6 Å². The lowest BCUT2D eigenvalue weighted by atomic mass is 9.76. The van der Waals surface area contributed by atoms with E-state index in [4.69, 9.17) is 4.74 Å². The van der Waals surface area contributed by atoms with Crippen LogP contribution in [0.4, 0.5) is 0 Å². The van der Waals surface area contributed by atoms with Crippen molar-refractivity contribution in [2.75, 3.05) is 19.6 Å². The summed E-state index contributed by atoms with van der Waals surface area (Å²) in [4.78, 5) is 2.58. The van der Waals surface area contributed by atoms with Crippen LogP contribution in [0.1, 0.15) is 71.9 Å². The number of nitrogens with zero attached hydrogens (tertiary/aromatic N) is 1. The van der Waals surface area contributed by atoms with E-state index in [0.717, 1.165) is 19.5 Å². The highest BCUT2D eigenvalue weighted by molar-refractivity contribution is 5.29. The molecule has 0 amide bonds. The predicted octanol–water partition coefficient (Wildman–Crippen LogP) is 5.44. The fraction of sp³-hybridized carbons (Fsp3) is 0.739. The SMILES string of the molecule is CCCC(C)(CC)c1ccc(CC(C)CN2CC(C)OC(C)C2)cc1. The molecule has 2 heteroatoms. The van der Waals surface area contributed by atoms with Gasteiger partial charge >= 0.3 is 0 Å². The summed E-state index contributed by atoms with van der Waals surface area (Å²) in [6.07, 6.45) is 5.62. The third-order valence-electron chi connectivity index (χ3n) is 5.88. The molecule has 4 atom stereocenters. The zero-order valence-electron chi connectivity index (χ0n) is 17.3. The Morgan fingerprint density at radius 2 is 1.72 bits per heavy atom. The Labute approximate surface area is 156 Å². The van der Waals surface area contributed by atoms with Gasteiger partial charge in [-0.1, -0.05) is 58.4 Å². The smallest absolute Gasteiger partial charge is 0.0678 e. The number of hydrogen-bond acceptors (Lipinski definition) is 2. The first-order valence-electron chi connectivity index (χ1n) is 10.3. The molecule has 0 aromatic heterocycles. The molecule has 142 valence electrons. The van der Waals surface area contributed by atoms with E-state index in [9.17, 15) is 0 Å². The Morgan fingerprint density at radius 1 is 1.12 bits per heavy atom. The van der Waals surface area contributed by atoms with Crippen LogP contribution in [0, 0.1) is 5.92 Å². The van der Waals surface area contributed by atoms with Gasteiger partial charge in [-0.15, -0.1) is 0 Å². The largest absolute Gasteiger partial charge is 0.373 e. The van der Waals surface area contributed by atoms with Crippen LogP contribution in [0.25, 0.3) is 0 Å². The van der Waals surface area contributed by atoms with Gasteiger partial charge in [0.1, 0.15) is 0 Å². The molecule has 1 aromatic carbocycles. The molecule has 1 aromatic rings. The third kappa shape index (κ3) is 5.82. The number of ether oxygens (including phenoxy) is 1. The van der Waals surface area contributed by atoms with Gasteiger partial charge in [0.15, 0.2) is 0 Å². The number of rotatable bonds is 8. The fourth-order valence-corrected chi connectivity index (χ4v) is 4.46. The van der Waals surface area contributed by atoms with Gasteiger partial charge < -0.3 is 4.74 Å². The molecule has 0 spiro atoms. The van der Waals surface area contributed by atoms with E-state index in [-0.39, 0.29) is 0 Å². The molecule has 0 bridgehead atoms. The Morgan fingerprint density at radius 3 is 2.24 bits per heavy atom. The Hall–Kier alpha value is -0.860. The zero-order chi connectivity index (χ0) is 18.4. The van der Waals surface area contributed by atoms with Crippen molar-refractivity contribution < 1.29 is 4.74 Å². The van der Waals surface area contributed by atoms with Gasteiger partial charge in [0.25, 0.3) is 0 Å². The zero-order valence-corrected chi connectivity index (χ0v) is 17.3. The van der Waals surface area contributed by atoms with Crippen molar-refractivity contribution in [1.29, 1.82) is 0 Å². The molecule has 2 nitrogen and oxygen atoms in total. The summed E-state index contributed by atoms with van der Waals surface area (Å²) < 4.78 is 5.85. The molecule has 4 unspecified atom stereocenters. The highest BCUT2D eigenvalue weighted by Gasteiger charge is 2.24. The molecule has 1 saturated heterocycles. The summed E-state index contributed by atoms with van der Waals surface area (Å²) in [5.74, 6) is 0.677. The minimum Gasteiger partial charge on any atom is -0.373 e. The lowest BCUT2D eigenvalue weighted by Crippen LogP contribution is -2.47. The highest BCUT2D eigenvalue weighted by Crippen LogP contribution is 2.32. The normalized spacial score (nSPS) is 25.5. The highest BCUT2D eigenvalue weighted by atomic mass is 16.5. The van der Waals surface area contributed by atoms with Crippen molar-refractivity contribution in [1.82, 2.24) is 4.90 Å². The van der Waals surface area contributed by atoms with Crippen molar-refractivity contribution in [2.24, 2.45) is 5.92 Å². The van der Waals surface area contributed by atoms with Crippen molar-refractivity contribution in [3.63, 3.8) is 0 Å². The lowest BCUT2D eigenvalue weighted by Gasteiger charge is -2.36. The Kier molecular flexibility index (Phi) is 7.51. The summed E-state index contributed by atoms with van der Waals surface area (Å²) in [6, 6.07) is 9.47. The second kappa shape index (κ2) is 9.19. The summed E-state index contributed by atoms with van der Waals surface area (Å²) in [7, 11) is 0. The second-order valence-electron chi connectivity index (χ2n) is 8.65. The van der Waals surface area contributed by atoms with E-state index >= 15 is 0 Å². The standard InChI is InChI=1S/C23H39NO/c1-7-13-23(6,8-2)22-11-9-21(10-12-22)14-18(3)15-24-16-19(4)25-20(5)17-24/h9-12,18-20H,7-8,13-17H2,1-6H3. The first-order chi connectivity index (χ1) is 11.9. The number of hydrogen-bond donors (Lipinski definition) is 0. The van der Waals surface area contributed by atoms with Crippen LogP contribution in [0.2, 0.25) is 0 Å². The molecule has 25 heavy (non-hydrogen) atoms. The minimum atomic E-state index is 0.332. The summed E-state index contributed by atoms with van der Waals surface area (Å²) in [5.41, 5.74) is 3.31. The van der Waals surface area contributed by atoms with Crippen molar-refractivity contribution in [2.45, 2.75) is 84.8 Å². The Bertz CT molecular complexity index is 501. The van der Waals surface area contributed by atoms with E-state index in [1.54, 1.807) is 0 Å². The van der Waals surface area contributed by atoms with Gasteiger partial charge in [0.2, 0.25) is 0 Å². The van der Waals surface area contributed by atoms with Gasteiger partial charge in [0.05, 0.1) is 12.2 Å². The topological polar surface area (TPSA) is 12.5 Å². The molecular weight excluding hydrogens is 306 g/mol. The van der Waals surface area contributed by atoms with E-state index < -0.39 is 0 Å². The predicted molar refractivity (Wildman–Crippen MR) is 108 cm³/mol. The molecular formula is C23H39NO. The van der Waals surface area contributed by atoms with Crippen molar-refractivity contribution in [3.8, 4) is 0 Å². The molecule has 0 N–H and O–H groups in total. The molecule has 0 radical (unpaired) electrons. The van der Waals surface area contributed by atoms with Crippen LogP contribution >= 0.6 is 0 Å². The molecule has 0 aliphatic carbocycles. The monoisotopic (exact) mass is 345 g/mol. The third-order valence-corrected chi connectivity index (χ3v) is 5.88. The van der Waals surface area contributed by atoms with Crippen molar-refractivity contribution >= 4 is 0 Å². The van der Waals surface area contributed by atoms with Gasteiger partial charge in [-0.2, -0.15) is 0 Å². The molecule has 0 saturated carbocycles. The average Bonchev–Trinajstić information content (AvgIpc) is 2.54. The Balaban J connectivity index is 1.92. The maximum Gasteiger partial charge on any atom is 0.0678 e. The van der Waals surface area contributed by atoms with E-state index in [1.165, 1.54) is 36.9 Å². The van der Waals surface area contributed by atoms with E-state index in [2.05, 4.69) is 70.7 Å². The maximum absolute atomic E-state index is 5.85. The van der Waals surface area contributed by atoms with Crippen LogP contribution < -0.4 is 0 Å². The summed E-state index contributed by atoms with van der Waals surface area (Å²) in [5, 5.41) is 0. The molecule has 1 aliphatic heterocycles. The summed E-state index contributed by atoms with van der Waals surface area (Å²) in [6.45, 7) is 17.1. The van der Waals surface area contributed by atoms with Gasteiger partial charge in [0, 0.05) is 19.6 Å². The molecule has 1 aliphatic rings. The van der Waals surface area contributed by atoms with Crippen LogP contribution in [0.5, 0.6) is 0 Å². The minimum absolute atomic E-state index is 0.332. The first kappa shape index (κ1) is 20.5. The summed E-state index contributed by atoms with van der Waals surface area (Å²) >= 11 is 0. The molecule has 2 rings (SSSR count). The number of morpholine rings is 1. The lowest BCUT2D eigenvalue weighted by molar-refractivity contribution is -0.0708. The molecule has 1 fully saturated rings. The van der Waals surface area contributed by atoms with Crippen LogP contribution in [-0.4, -0.2) is 36.7 Å². The maximum atomic E-state index is 5.85. The van der Waals surface area contributed by atoms with Crippen LogP contribution in [0.3, 0.4) is 0 Å². The van der Waals surface area contributed by atoms with Crippen LogP contribution in [-0.2, 0) is 16.6 Å². The molecule has 1 heterocycles. The quantitative estimate of drug-likeness (QED) is 0.622. The van der Waals surface area contributed by atoms with E-state index in [0.29, 0.717) is 23.5 Å². The average molecular weight is 346 g/mol. The van der Waals surface area contributed by atoms with Crippen molar-refractivity contribution in [3.05, 3.63) is 35.4 Å². The van der Waals surface area contributed by atoms with Crippen LogP contribution in [0.15, 0.2) is 24.3 Å². The van der Waals surface area contributed by atoms with Gasteiger partial charge in [-0.3, -0.25) is 4.90 Å². The second-order valence-corrected chi connectivity index (χ2v) is 8.65. The number of benzene rings is 1. The first-order valence-corrected chi connectivity index (χ1v) is 10.3.